The molecule has 8 heteroatoms. The molecule has 0 fully saturated rings. The van der Waals surface area contributed by atoms with E-state index in [9.17, 15) is 14.4 Å². The van der Waals surface area contributed by atoms with Crippen LogP contribution in [0.3, 0.4) is 0 Å². The van der Waals surface area contributed by atoms with Crippen LogP contribution in [0.15, 0.2) is 0 Å². The van der Waals surface area contributed by atoms with Crippen LogP contribution in [0.5, 0.6) is 0 Å². The van der Waals surface area contributed by atoms with Gasteiger partial charge in [-0.3, -0.25) is 9.59 Å². The van der Waals surface area contributed by atoms with Crippen LogP contribution in [0.1, 0.15) is 20.8 Å². The fraction of sp³-hybridized carbons (Fsp3) is 0.727. The van der Waals surface area contributed by atoms with Crippen molar-refractivity contribution in [3.05, 3.63) is 0 Å². The molecule has 0 aromatic carbocycles. The number of nitrogens with two attached hydrogens (primary N) is 1. The molecule has 110 valence electrons. The summed E-state index contributed by atoms with van der Waals surface area (Å²) in [6.45, 7) is 4.13. The molecule has 8 nitrogen and oxygen atoms in total. The van der Waals surface area contributed by atoms with Crippen molar-refractivity contribution in [3.8, 4) is 0 Å². The molecule has 2 amide bonds. The lowest BCUT2D eigenvalue weighted by atomic mass is 10.0. The summed E-state index contributed by atoms with van der Waals surface area (Å²) in [6, 6.07) is -3.09. The molecule has 0 saturated carbocycles. The maximum Gasteiger partial charge on any atom is 0.328 e. The summed E-state index contributed by atoms with van der Waals surface area (Å²) in [7, 11) is 0. The van der Waals surface area contributed by atoms with Crippen LogP contribution < -0.4 is 16.4 Å². The number of aliphatic carboxylic acids is 1. The minimum absolute atomic E-state index is 0.254. The zero-order valence-electron chi connectivity index (χ0n) is 11.2. The Kier molecular flexibility index (Phi) is 7.02. The number of rotatable bonds is 7. The molecule has 0 unspecified atom stereocenters. The molecule has 0 aliphatic rings. The lowest BCUT2D eigenvalue weighted by Crippen LogP contribution is -2.56. The van der Waals surface area contributed by atoms with Gasteiger partial charge < -0.3 is 26.6 Å². The number of nitrogens with one attached hydrogen (secondary N) is 2. The van der Waals surface area contributed by atoms with Crippen LogP contribution >= 0.6 is 0 Å². The predicted molar refractivity (Wildman–Crippen MR) is 67.1 cm³/mol. The third kappa shape index (κ3) is 5.66. The van der Waals surface area contributed by atoms with Crippen LogP contribution in [0.25, 0.3) is 0 Å². The van der Waals surface area contributed by atoms with Gasteiger partial charge >= 0.3 is 5.97 Å². The Labute approximate surface area is 111 Å². The van der Waals surface area contributed by atoms with Crippen molar-refractivity contribution in [1.82, 2.24) is 10.6 Å². The molecular formula is C11H21N3O5. The number of carbonyl (C=O) groups is 3. The lowest BCUT2D eigenvalue weighted by Gasteiger charge is -2.24. The zero-order valence-corrected chi connectivity index (χ0v) is 11.2. The van der Waals surface area contributed by atoms with Crippen molar-refractivity contribution in [2.75, 3.05) is 6.61 Å². The average molecular weight is 275 g/mol. The SMILES string of the molecule is CC(C)[C@H](NC(=O)[C@H](C)N)C(=O)N[C@@H](CO)C(=O)O. The highest BCUT2D eigenvalue weighted by Gasteiger charge is 2.28. The topological polar surface area (TPSA) is 142 Å². The Morgan fingerprint density at radius 1 is 1.11 bits per heavy atom. The summed E-state index contributed by atoms with van der Waals surface area (Å²) in [5.74, 6) is -2.79. The van der Waals surface area contributed by atoms with Crippen molar-refractivity contribution in [2.45, 2.75) is 38.9 Å². The second-order valence-corrected chi connectivity index (χ2v) is 4.60. The molecule has 6 N–H and O–H groups in total. The quantitative estimate of drug-likeness (QED) is 0.365. The summed E-state index contributed by atoms with van der Waals surface area (Å²) in [4.78, 5) is 34.1. The highest BCUT2D eigenvalue weighted by molar-refractivity contribution is 5.91. The standard InChI is InChI=1S/C11H21N3O5/c1-5(2)8(14-9(16)6(3)12)10(17)13-7(4-15)11(18)19/h5-8,15H,4,12H2,1-3H3,(H,13,17)(H,14,16)(H,18,19)/t6-,7-,8-/m0/s1. The van der Waals surface area contributed by atoms with Crippen molar-refractivity contribution in [3.63, 3.8) is 0 Å². The lowest BCUT2D eigenvalue weighted by molar-refractivity contribution is -0.143. The zero-order chi connectivity index (χ0) is 15.2. The van der Waals surface area contributed by atoms with Gasteiger partial charge in [0.1, 0.15) is 12.1 Å². The smallest absolute Gasteiger partial charge is 0.328 e. The Bertz CT molecular complexity index is 343. The largest absolute Gasteiger partial charge is 0.480 e. The molecule has 19 heavy (non-hydrogen) atoms. The van der Waals surface area contributed by atoms with Crippen molar-refractivity contribution >= 4 is 17.8 Å². The van der Waals surface area contributed by atoms with Crippen LogP contribution in [0.2, 0.25) is 0 Å². The van der Waals surface area contributed by atoms with Gasteiger partial charge in [0, 0.05) is 0 Å². The summed E-state index contributed by atoms with van der Waals surface area (Å²) >= 11 is 0. The van der Waals surface area contributed by atoms with Gasteiger partial charge in [0.25, 0.3) is 0 Å². The highest BCUT2D eigenvalue weighted by Crippen LogP contribution is 2.03. The van der Waals surface area contributed by atoms with Crippen molar-refractivity contribution in [1.29, 1.82) is 0 Å². The van der Waals surface area contributed by atoms with Crippen LogP contribution in [0.4, 0.5) is 0 Å². The third-order valence-corrected chi connectivity index (χ3v) is 2.46. The van der Waals surface area contributed by atoms with E-state index in [4.69, 9.17) is 15.9 Å². The number of carboxylic acid groups (broad SMARTS) is 1. The van der Waals surface area contributed by atoms with E-state index in [-0.39, 0.29) is 5.92 Å². The van der Waals surface area contributed by atoms with Gasteiger partial charge in [-0.15, -0.1) is 0 Å². The maximum atomic E-state index is 11.9. The van der Waals surface area contributed by atoms with E-state index in [1.165, 1.54) is 6.92 Å². The first kappa shape index (κ1) is 17.3. The van der Waals surface area contributed by atoms with Gasteiger partial charge in [0.05, 0.1) is 12.6 Å². The molecule has 0 aromatic rings. The molecule has 0 heterocycles. The van der Waals surface area contributed by atoms with Crippen LogP contribution in [-0.2, 0) is 14.4 Å². The number of aliphatic hydroxyl groups excluding tert-OH is 1. The number of hydrogen-bond acceptors (Lipinski definition) is 5. The van der Waals surface area contributed by atoms with Gasteiger partial charge in [-0.25, -0.2) is 4.79 Å². The van der Waals surface area contributed by atoms with Crippen molar-refractivity contribution < 1.29 is 24.6 Å². The molecule has 0 aromatic heterocycles. The van der Waals surface area contributed by atoms with Crippen LogP contribution in [0, 0.1) is 5.92 Å². The van der Waals surface area contributed by atoms with E-state index in [1.54, 1.807) is 13.8 Å². The van der Waals surface area contributed by atoms with Gasteiger partial charge in [-0.1, -0.05) is 13.8 Å². The molecule has 0 aliphatic carbocycles. The summed E-state index contributed by atoms with van der Waals surface area (Å²) in [6.07, 6.45) is 0. The Hall–Kier alpha value is -1.67. The first-order valence-electron chi connectivity index (χ1n) is 5.90. The van der Waals surface area contributed by atoms with Gasteiger partial charge in [0.2, 0.25) is 11.8 Å². The maximum absolute atomic E-state index is 11.9. The second kappa shape index (κ2) is 7.70. The number of carboxylic acids is 1. The second-order valence-electron chi connectivity index (χ2n) is 4.60. The van der Waals surface area contributed by atoms with Crippen LogP contribution in [-0.4, -0.2) is 52.7 Å². The summed E-state index contributed by atoms with van der Waals surface area (Å²) in [5, 5.41) is 22.1. The molecular weight excluding hydrogens is 254 g/mol. The fourth-order valence-electron chi connectivity index (χ4n) is 1.27. The van der Waals surface area contributed by atoms with E-state index in [0.29, 0.717) is 0 Å². The molecule has 0 aliphatic heterocycles. The third-order valence-electron chi connectivity index (χ3n) is 2.46. The van der Waals surface area contributed by atoms with Gasteiger partial charge in [-0.05, 0) is 12.8 Å². The molecule has 0 radical (unpaired) electrons. The minimum Gasteiger partial charge on any atom is -0.480 e. The molecule has 0 bridgehead atoms. The molecule has 0 saturated heterocycles. The number of amides is 2. The number of aliphatic hydroxyl groups is 1. The van der Waals surface area contributed by atoms with E-state index >= 15 is 0 Å². The number of carbonyl (C=O) groups excluding carboxylic acids is 2. The number of hydrogen-bond donors (Lipinski definition) is 5. The average Bonchev–Trinajstić information content (AvgIpc) is 2.31. The minimum atomic E-state index is -1.40. The summed E-state index contributed by atoms with van der Waals surface area (Å²) < 4.78 is 0. The molecule has 0 spiro atoms. The Morgan fingerprint density at radius 2 is 1.63 bits per heavy atom. The monoisotopic (exact) mass is 275 g/mol. The summed E-state index contributed by atoms with van der Waals surface area (Å²) in [5.41, 5.74) is 5.38. The fourth-order valence-corrected chi connectivity index (χ4v) is 1.27. The van der Waals surface area contributed by atoms with E-state index in [0.717, 1.165) is 0 Å². The van der Waals surface area contributed by atoms with Crippen molar-refractivity contribution in [2.24, 2.45) is 11.7 Å². The predicted octanol–water partition coefficient (Wildman–Crippen LogP) is -1.96. The van der Waals surface area contributed by atoms with Gasteiger partial charge in [-0.2, -0.15) is 0 Å². The highest BCUT2D eigenvalue weighted by atomic mass is 16.4. The first-order chi connectivity index (χ1) is 8.70. The Balaban J connectivity index is 4.75. The molecule has 3 atom stereocenters. The molecule has 0 rings (SSSR count). The first-order valence-corrected chi connectivity index (χ1v) is 5.90. The van der Waals surface area contributed by atoms with E-state index < -0.39 is 42.5 Å². The normalized spacial score (nSPS) is 15.5. The van der Waals surface area contributed by atoms with E-state index in [2.05, 4.69) is 10.6 Å². The van der Waals surface area contributed by atoms with E-state index in [1.807, 2.05) is 0 Å². The van der Waals surface area contributed by atoms with Gasteiger partial charge in [0.15, 0.2) is 0 Å². The Morgan fingerprint density at radius 3 is 1.95 bits per heavy atom.